The molecule has 0 aromatic heterocycles. The Kier molecular flexibility index (Phi) is 7.48. The van der Waals surface area contributed by atoms with Crippen molar-refractivity contribution in [3.63, 3.8) is 0 Å². The van der Waals surface area contributed by atoms with Crippen molar-refractivity contribution in [3.8, 4) is 5.75 Å². The topological polar surface area (TPSA) is 74.4 Å². The summed E-state index contributed by atoms with van der Waals surface area (Å²) in [5.74, 6) is 0.843. The molecule has 0 saturated carbocycles. The molecule has 0 spiro atoms. The summed E-state index contributed by atoms with van der Waals surface area (Å²) >= 11 is 3.53. The fourth-order valence-electron chi connectivity index (χ4n) is 5.25. The van der Waals surface area contributed by atoms with Crippen LogP contribution < -0.4 is 26.2 Å². The molecule has 2 saturated heterocycles. The highest BCUT2D eigenvalue weighted by molar-refractivity contribution is 9.10. The van der Waals surface area contributed by atoms with E-state index in [4.69, 9.17) is 4.74 Å². The van der Waals surface area contributed by atoms with Crippen LogP contribution in [0, 0.1) is 11.8 Å². The molecule has 2 aliphatic rings. The number of carbonyl (C=O) groups is 1. The lowest BCUT2D eigenvalue weighted by molar-refractivity contribution is -0.129. The van der Waals surface area contributed by atoms with Crippen LogP contribution in [-0.2, 0) is 11.3 Å². The van der Waals surface area contributed by atoms with Gasteiger partial charge in [-0.1, -0.05) is 70.5 Å². The smallest absolute Gasteiger partial charge is 0.223 e. The maximum Gasteiger partial charge on any atom is 0.223 e. The van der Waals surface area contributed by atoms with Gasteiger partial charge < -0.3 is 10.1 Å². The lowest BCUT2D eigenvalue weighted by Crippen LogP contribution is -2.54. The number of hydrogen-bond acceptors (Lipinski definition) is 5. The van der Waals surface area contributed by atoms with Crippen LogP contribution in [0.3, 0.4) is 0 Å². The van der Waals surface area contributed by atoms with Crippen LogP contribution in [0.2, 0.25) is 0 Å². The Morgan fingerprint density at radius 1 is 0.971 bits per heavy atom. The van der Waals surface area contributed by atoms with Crippen molar-refractivity contribution in [2.24, 2.45) is 11.8 Å². The molecule has 182 valence electrons. The van der Waals surface area contributed by atoms with Gasteiger partial charge in [0.25, 0.3) is 0 Å². The van der Waals surface area contributed by atoms with Gasteiger partial charge in [-0.25, -0.2) is 10.9 Å². The van der Waals surface area contributed by atoms with Gasteiger partial charge in [0.2, 0.25) is 5.91 Å². The molecule has 5 atom stereocenters. The normalized spacial score (nSPS) is 25.6. The Hall–Kier alpha value is -2.71. The average molecular weight is 535 g/mol. The third kappa shape index (κ3) is 5.43. The molecule has 2 heterocycles. The highest BCUT2D eigenvalue weighted by Crippen LogP contribution is 2.42. The van der Waals surface area contributed by atoms with E-state index in [0.717, 1.165) is 26.9 Å². The number of rotatable bonds is 7. The monoisotopic (exact) mass is 534 g/mol. The quantitative estimate of drug-likeness (QED) is 0.356. The van der Waals surface area contributed by atoms with Crippen LogP contribution in [0.5, 0.6) is 5.75 Å². The molecule has 1 amide bonds. The lowest BCUT2D eigenvalue weighted by atomic mass is 9.74. The van der Waals surface area contributed by atoms with Crippen LogP contribution in [0.4, 0.5) is 0 Å². The minimum atomic E-state index is -0.169. The van der Waals surface area contributed by atoms with Crippen molar-refractivity contribution < 1.29 is 9.53 Å². The molecule has 0 aliphatic carbocycles. The Morgan fingerprint density at radius 3 is 2.40 bits per heavy atom. The van der Waals surface area contributed by atoms with Crippen molar-refractivity contribution in [2.75, 3.05) is 6.61 Å². The fourth-order valence-corrected chi connectivity index (χ4v) is 5.51. The zero-order valence-electron chi connectivity index (χ0n) is 19.7. The van der Waals surface area contributed by atoms with Crippen molar-refractivity contribution in [1.29, 1.82) is 0 Å². The van der Waals surface area contributed by atoms with Crippen molar-refractivity contribution in [2.45, 2.75) is 38.1 Å². The van der Waals surface area contributed by atoms with Gasteiger partial charge in [0.05, 0.1) is 18.8 Å². The minimum Gasteiger partial charge on any atom is -0.494 e. The summed E-state index contributed by atoms with van der Waals surface area (Å²) in [7, 11) is 0. The third-order valence-electron chi connectivity index (χ3n) is 6.97. The zero-order valence-corrected chi connectivity index (χ0v) is 21.3. The standard InChI is InChI=1S/C28H31BrN4O2/c1-2-35-22-14-10-19(11-15-22)24-16-23(28(34)30-17-18-6-4-3-5-7-18)25-26(32-33-27(25)31-24)20-8-12-21(29)13-9-20/h3-15,23-27,31-33H,2,16-17H2,1H3,(H,30,34). The van der Waals surface area contributed by atoms with Crippen molar-refractivity contribution in [3.05, 3.63) is 100 Å². The molecule has 7 heteroatoms. The Bertz CT molecular complexity index is 1120. The van der Waals surface area contributed by atoms with Crippen molar-refractivity contribution >= 4 is 21.8 Å². The second kappa shape index (κ2) is 10.9. The van der Waals surface area contributed by atoms with Gasteiger partial charge in [-0.05, 0) is 54.3 Å². The highest BCUT2D eigenvalue weighted by atomic mass is 79.9. The van der Waals surface area contributed by atoms with E-state index in [0.29, 0.717) is 19.6 Å². The first-order valence-electron chi connectivity index (χ1n) is 12.2. The van der Waals surface area contributed by atoms with E-state index in [9.17, 15) is 4.79 Å². The predicted octanol–water partition coefficient (Wildman–Crippen LogP) is 4.61. The van der Waals surface area contributed by atoms with E-state index < -0.39 is 0 Å². The molecule has 2 fully saturated rings. The fraction of sp³-hybridized carbons (Fsp3) is 0.321. The van der Waals surface area contributed by atoms with Gasteiger partial charge in [0, 0.05) is 28.9 Å². The number of carbonyl (C=O) groups excluding carboxylic acids is 1. The molecular weight excluding hydrogens is 504 g/mol. The number of piperidine rings is 1. The molecule has 6 nitrogen and oxygen atoms in total. The number of fused-ring (bicyclic) bond motifs is 1. The Balaban J connectivity index is 1.39. The molecule has 4 N–H and O–H groups in total. The number of hydrogen-bond donors (Lipinski definition) is 4. The van der Waals surface area contributed by atoms with Gasteiger partial charge in [-0.15, -0.1) is 0 Å². The highest BCUT2D eigenvalue weighted by Gasteiger charge is 2.49. The molecule has 3 aromatic rings. The Morgan fingerprint density at radius 2 is 1.69 bits per heavy atom. The second-order valence-electron chi connectivity index (χ2n) is 9.14. The van der Waals surface area contributed by atoms with Gasteiger partial charge >= 0.3 is 0 Å². The summed E-state index contributed by atoms with van der Waals surface area (Å²) in [4.78, 5) is 13.6. The van der Waals surface area contributed by atoms with Crippen LogP contribution in [0.25, 0.3) is 0 Å². The first-order valence-corrected chi connectivity index (χ1v) is 13.0. The second-order valence-corrected chi connectivity index (χ2v) is 10.1. The van der Waals surface area contributed by atoms with Crippen LogP contribution >= 0.6 is 15.9 Å². The van der Waals surface area contributed by atoms with E-state index in [2.05, 4.69) is 61.7 Å². The summed E-state index contributed by atoms with van der Waals surface area (Å²) in [6.07, 6.45) is 0.674. The predicted molar refractivity (Wildman–Crippen MR) is 140 cm³/mol. The largest absolute Gasteiger partial charge is 0.494 e. The van der Waals surface area contributed by atoms with Crippen LogP contribution in [0.1, 0.15) is 42.1 Å². The number of ether oxygens (including phenoxy) is 1. The summed E-state index contributed by atoms with van der Waals surface area (Å²) in [6, 6.07) is 26.7. The maximum absolute atomic E-state index is 13.6. The molecule has 5 unspecified atom stereocenters. The van der Waals surface area contributed by atoms with E-state index in [1.165, 1.54) is 0 Å². The molecule has 5 rings (SSSR count). The summed E-state index contributed by atoms with van der Waals surface area (Å²) in [5, 5.41) is 6.96. The molecule has 35 heavy (non-hydrogen) atoms. The zero-order chi connectivity index (χ0) is 24.2. The van der Waals surface area contributed by atoms with Crippen molar-refractivity contribution in [1.82, 2.24) is 21.5 Å². The molecular formula is C28H31BrN4O2. The first kappa shape index (κ1) is 24.0. The lowest BCUT2D eigenvalue weighted by Gasteiger charge is -2.40. The molecule has 0 bridgehead atoms. The number of halogens is 1. The maximum atomic E-state index is 13.6. The number of hydrazine groups is 1. The number of benzene rings is 3. The molecule has 0 radical (unpaired) electrons. The van der Waals surface area contributed by atoms with Gasteiger partial charge in [-0.3, -0.25) is 10.1 Å². The molecule has 2 aliphatic heterocycles. The average Bonchev–Trinajstić information content (AvgIpc) is 3.32. The summed E-state index contributed by atoms with van der Waals surface area (Å²) < 4.78 is 6.65. The van der Waals surface area contributed by atoms with Crippen LogP contribution in [-0.4, -0.2) is 18.7 Å². The first-order chi connectivity index (χ1) is 17.1. The summed E-state index contributed by atoms with van der Waals surface area (Å²) in [6.45, 7) is 3.15. The van der Waals surface area contributed by atoms with E-state index in [-0.39, 0.29) is 36.0 Å². The van der Waals surface area contributed by atoms with E-state index in [1.807, 2.05) is 61.5 Å². The third-order valence-corrected chi connectivity index (χ3v) is 7.50. The van der Waals surface area contributed by atoms with Gasteiger partial charge in [0.1, 0.15) is 5.75 Å². The SMILES string of the molecule is CCOc1ccc(C2CC(C(=O)NCc3ccccc3)C3C(NNC3c3ccc(Br)cc3)N2)cc1. The van der Waals surface area contributed by atoms with E-state index >= 15 is 0 Å². The van der Waals surface area contributed by atoms with Crippen LogP contribution in [0.15, 0.2) is 83.3 Å². The van der Waals surface area contributed by atoms with Gasteiger partial charge in [0.15, 0.2) is 0 Å². The van der Waals surface area contributed by atoms with E-state index in [1.54, 1.807) is 0 Å². The van der Waals surface area contributed by atoms with Gasteiger partial charge in [-0.2, -0.15) is 0 Å². The number of nitrogens with one attached hydrogen (secondary N) is 4. The summed E-state index contributed by atoms with van der Waals surface area (Å²) in [5.41, 5.74) is 10.3. The Labute approximate surface area is 214 Å². The minimum absolute atomic E-state index is 0.0226. The molecule has 3 aromatic carbocycles. The number of amides is 1.